The number of pyridine rings is 1. The molecule has 5 heterocycles. The summed E-state index contributed by atoms with van der Waals surface area (Å²) < 4.78 is 4.26. The summed E-state index contributed by atoms with van der Waals surface area (Å²) >= 11 is 4.86. The minimum Gasteiger partial charge on any atom is -0.477 e. The zero-order valence-corrected chi connectivity index (χ0v) is 32.7. The molecule has 14 heteroatoms. The number of thiazole rings is 2. The Bertz CT molecular complexity index is 2730. The van der Waals surface area contributed by atoms with Crippen molar-refractivity contribution in [3.8, 4) is 16.3 Å². The van der Waals surface area contributed by atoms with Crippen molar-refractivity contribution in [2.24, 2.45) is 10.2 Å². The normalized spacial score (nSPS) is 15.0. The molecule has 2 aliphatic carbocycles. The van der Waals surface area contributed by atoms with Gasteiger partial charge in [0.05, 0.1) is 53.8 Å². The maximum Gasteiger partial charge on any atom is 0.354 e. The minimum atomic E-state index is -1.02. The smallest absolute Gasteiger partial charge is 0.354 e. The summed E-state index contributed by atoms with van der Waals surface area (Å²) in [5.74, 6) is -1.02. The van der Waals surface area contributed by atoms with Gasteiger partial charge in [0, 0.05) is 22.2 Å². The highest BCUT2D eigenvalue weighted by Crippen LogP contribution is 2.36. The zero-order valence-electron chi connectivity index (χ0n) is 30.3. The maximum absolute atomic E-state index is 11.2. The second-order valence-corrected chi connectivity index (χ2v) is 16.7. The summed E-state index contributed by atoms with van der Waals surface area (Å²) in [6.07, 6.45) is 8.04. The Balaban J connectivity index is 0.000000147. The number of carbonyl (C=O) groups is 1. The molecule has 0 saturated carbocycles. The number of aromatic carboxylic acids is 1. The van der Waals surface area contributed by atoms with E-state index in [-0.39, 0.29) is 5.69 Å². The van der Waals surface area contributed by atoms with Crippen molar-refractivity contribution >= 4 is 82.1 Å². The molecule has 5 aromatic heterocycles. The zero-order chi connectivity index (χ0) is 38.0. The molecule has 0 aliphatic heterocycles. The van der Waals surface area contributed by atoms with Crippen LogP contribution >= 0.6 is 34.0 Å². The number of rotatable bonds is 7. The number of nitrogens with zero attached hydrogens (tertiary/aromatic N) is 7. The number of fused-ring (bicyclic) bond motifs is 4. The molecule has 3 aromatic carbocycles. The second kappa shape index (κ2) is 15.6. The topological polar surface area (TPSA) is 143 Å². The average molecular weight is 794 g/mol. The molecule has 0 radical (unpaired) electrons. The van der Waals surface area contributed by atoms with Gasteiger partial charge < -0.3 is 5.11 Å². The van der Waals surface area contributed by atoms with Gasteiger partial charge in [-0.25, -0.2) is 24.4 Å². The van der Waals surface area contributed by atoms with Gasteiger partial charge in [-0.2, -0.15) is 15.3 Å². The number of carboxylic acid groups (broad SMARTS) is 1. The number of hydrogen-bond donors (Lipinski definition) is 3. The van der Waals surface area contributed by atoms with Crippen molar-refractivity contribution in [2.45, 2.75) is 45.4 Å². The monoisotopic (exact) mass is 793 g/mol. The number of hydrogen-bond acceptors (Lipinski definition) is 12. The van der Waals surface area contributed by atoms with Crippen LogP contribution in [0, 0.1) is 6.92 Å². The highest BCUT2D eigenvalue weighted by atomic mass is 32.1. The Kier molecular flexibility index (Phi) is 9.90. The fourth-order valence-electron chi connectivity index (χ4n) is 6.83. The van der Waals surface area contributed by atoms with Crippen LogP contribution in [0.2, 0.25) is 0 Å². The van der Waals surface area contributed by atoms with Crippen LogP contribution in [0.1, 0.15) is 63.4 Å². The third-order valence-electron chi connectivity index (χ3n) is 9.51. The van der Waals surface area contributed by atoms with Crippen LogP contribution in [0.5, 0.6) is 0 Å². The van der Waals surface area contributed by atoms with Crippen LogP contribution in [-0.2, 0) is 12.8 Å². The number of anilines is 2. The fraction of sp³-hybridized carbons (Fsp3) is 0.167. The van der Waals surface area contributed by atoms with Gasteiger partial charge in [0.25, 0.3) is 0 Å². The van der Waals surface area contributed by atoms with Gasteiger partial charge in [-0.1, -0.05) is 65.1 Å². The summed E-state index contributed by atoms with van der Waals surface area (Å²) in [5.41, 5.74) is 16.7. The number of thiophene rings is 1. The summed E-state index contributed by atoms with van der Waals surface area (Å²) in [4.78, 5) is 26.9. The third-order valence-corrected chi connectivity index (χ3v) is 12.6. The van der Waals surface area contributed by atoms with Crippen molar-refractivity contribution in [1.82, 2.24) is 24.7 Å². The van der Waals surface area contributed by atoms with E-state index >= 15 is 0 Å². The lowest BCUT2D eigenvalue weighted by molar-refractivity contribution is 0.0690. The minimum absolute atomic E-state index is 0.0558. The molecular formula is C42H35N9O2S3. The lowest BCUT2D eigenvalue weighted by Crippen LogP contribution is -2.12. The van der Waals surface area contributed by atoms with Crippen LogP contribution in [0.15, 0.2) is 113 Å². The van der Waals surface area contributed by atoms with Crippen LogP contribution in [0.3, 0.4) is 0 Å². The second-order valence-electron chi connectivity index (χ2n) is 13.5. The summed E-state index contributed by atoms with van der Waals surface area (Å²) in [6, 6.07) is 31.7. The highest BCUT2D eigenvalue weighted by Gasteiger charge is 2.22. The molecule has 0 amide bonds. The first-order chi connectivity index (χ1) is 27.4. The van der Waals surface area contributed by atoms with E-state index in [1.165, 1.54) is 16.5 Å². The van der Waals surface area contributed by atoms with Crippen molar-refractivity contribution in [3.63, 3.8) is 0 Å². The lowest BCUT2D eigenvalue weighted by atomic mass is 9.96. The molecule has 10 rings (SSSR count). The van der Waals surface area contributed by atoms with Gasteiger partial charge in [-0.05, 0) is 106 Å². The van der Waals surface area contributed by atoms with E-state index in [1.54, 1.807) is 40.1 Å². The van der Waals surface area contributed by atoms with E-state index in [0.29, 0.717) is 5.69 Å². The number of nitrogens with one attached hydrogen (secondary N) is 2. The molecule has 11 nitrogen and oxygen atoms in total. The van der Waals surface area contributed by atoms with Crippen molar-refractivity contribution < 1.29 is 9.90 Å². The molecule has 3 N–H and O–H groups in total. The third kappa shape index (κ3) is 7.58. The maximum atomic E-state index is 11.2. The number of hydrazone groups is 2. The number of benzene rings is 3. The molecule has 0 bridgehead atoms. The van der Waals surface area contributed by atoms with E-state index < -0.39 is 5.97 Å². The van der Waals surface area contributed by atoms with Gasteiger partial charge in [-0.3, -0.25) is 10.9 Å². The van der Waals surface area contributed by atoms with Gasteiger partial charge in [0.2, 0.25) is 10.3 Å². The van der Waals surface area contributed by atoms with Crippen LogP contribution in [0.25, 0.3) is 36.7 Å². The van der Waals surface area contributed by atoms with E-state index in [1.807, 2.05) is 53.2 Å². The molecular weight excluding hydrogens is 759 g/mol. The molecule has 2 aliphatic rings. The Labute approximate surface area is 334 Å². The molecule has 278 valence electrons. The number of aryl methyl sites for hydroxylation is 3. The van der Waals surface area contributed by atoms with E-state index in [9.17, 15) is 9.90 Å². The van der Waals surface area contributed by atoms with Gasteiger partial charge >= 0.3 is 5.97 Å². The first kappa shape index (κ1) is 35.6. The first-order valence-electron chi connectivity index (χ1n) is 18.3. The molecule has 56 heavy (non-hydrogen) atoms. The van der Waals surface area contributed by atoms with Crippen LogP contribution in [-0.4, -0.2) is 47.2 Å². The SMILES string of the molecule is Cc1cccc(-n2cc3c(n2)CCC/C3=N\Nc2nc3ccccc3s2)c1.O=C(O)c1cccc(-c2cc3c(s2)CCC/C3=N\Nc2nc3ccccc3s2)n1. The summed E-state index contributed by atoms with van der Waals surface area (Å²) in [5, 5.41) is 24.9. The predicted octanol–water partition coefficient (Wildman–Crippen LogP) is 10.2. The number of aromatic nitrogens is 5. The highest BCUT2D eigenvalue weighted by molar-refractivity contribution is 7.22. The lowest BCUT2D eigenvalue weighted by Gasteiger charge is -2.13. The Morgan fingerprint density at radius 3 is 2.05 bits per heavy atom. The van der Waals surface area contributed by atoms with Gasteiger partial charge in [0.15, 0.2) is 0 Å². The Morgan fingerprint density at radius 1 is 0.714 bits per heavy atom. The van der Waals surface area contributed by atoms with Crippen molar-refractivity contribution in [1.29, 1.82) is 0 Å². The molecule has 0 saturated heterocycles. The molecule has 0 spiro atoms. The van der Waals surface area contributed by atoms with Crippen LogP contribution < -0.4 is 10.9 Å². The largest absolute Gasteiger partial charge is 0.477 e. The molecule has 0 unspecified atom stereocenters. The van der Waals surface area contributed by atoms with Gasteiger partial charge in [-0.15, -0.1) is 11.3 Å². The van der Waals surface area contributed by atoms with E-state index in [4.69, 9.17) is 5.10 Å². The Morgan fingerprint density at radius 2 is 1.38 bits per heavy atom. The fourth-order valence-corrected chi connectivity index (χ4v) is 9.64. The predicted molar refractivity (Wildman–Crippen MR) is 228 cm³/mol. The molecule has 0 fully saturated rings. The van der Waals surface area contributed by atoms with Crippen LogP contribution in [0.4, 0.5) is 10.3 Å². The molecule has 8 aromatic rings. The van der Waals surface area contributed by atoms with Crippen molar-refractivity contribution in [3.05, 3.63) is 136 Å². The average Bonchev–Trinajstić information content (AvgIpc) is 4.04. The summed E-state index contributed by atoms with van der Waals surface area (Å²) in [7, 11) is 0. The van der Waals surface area contributed by atoms with Gasteiger partial charge in [0.1, 0.15) is 5.69 Å². The Hall–Kier alpha value is -6.09. The van der Waals surface area contributed by atoms with E-state index in [2.05, 4.69) is 85.5 Å². The standard InChI is InChI=1S/C21H19N5S.C21H16N4O2S2/c1-14-6-4-7-15(12-14)26-13-16-17(9-5-10-18(16)25-26)23-24-21-22-19-8-2-3-11-20(19)27-21;26-20(27)16-8-3-7-15(22-16)19-11-12-13(6-4-10-17(12)28-19)24-25-21-23-14-5-1-2-9-18(14)29-21/h2-4,6-8,11-13H,5,9-10H2,1H3,(H,22,24);1-3,5,7-9,11H,4,6,10H2,(H,23,25)(H,26,27)/b23-17+;24-13+. The number of carboxylic acids is 1. The quantitative estimate of drug-likeness (QED) is 0.135. The molecule has 0 atom stereocenters. The first-order valence-corrected chi connectivity index (χ1v) is 20.7. The van der Waals surface area contributed by atoms with Crippen molar-refractivity contribution in [2.75, 3.05) is 10.9 Å². The summed E-state index contributed by atoms with van der Waals surface area (Å²) in [6.45, 7) is 2.10. The number of para-hydroxylation sites is 2. The van der Waals surface area contributed by atoms with E-state index in [0.717, 1.165) is 108 Å².